The third-order valence-corrected chi connectivity index (χ3v) is 6.86. The van der Waals surface area contributed by atoms with E-state index in [-0.39, 0.29) is 25.8 Å². The lowest BCUT2D eigenvalue weighted by Gasteiger charge is -2.31. The quantitative estimate of drug-likeness (QED) is 0.283. The van der Waals surface area contributed by atoms with Crippen LogP contribution in [-0.2, 0) is 22.7 Å². The van der Waals surface area contributed by atoms with Crippen LogP contribution in [0.15, 0.2) is 97.1 Å². The third-order valence-electron chi connectivity index (χ3n) is 6.61. The molecule has 1 aliphatic heterocycles. The normalized spacial score (nSPS) is 12.7. The number of halogens is 1. The Morgan fingerprint density at radius 2 is 1.68 bits per heavy atom. The fraction of sp³-hybridized carbons (Fsp3) is 0.133. The number of amides is 2. The van der Waals surface area contributed by atoms with Crippen LogP contribution >= 0.6 is 11.6 Å². The molecule has 0 aliphatic carbocycles. The number of fused-ring (bicyclic) bond motifs is 2. The Morgan fingerprint density at radius 3 is 2.50 bits per heavy atom. The Bertz CT molecular complexity index is 1670. The highest BCUT2D eigenvalue weighted by atomic mass is 35.5. The molecule has 2 amide bonds. The molecule has 0 unspecified atom stereocenters. The fourth-order valence-electron chi connectivity index (χ4n) is 4.66. The van der Waals surface area contributed by atoms with Gasteiger partial charge < -0.3 is 19.7 Å². The molecule has 0 radical (unpaired) electrons. The van der Waals surface area contributed by atoms with Crippen LogP contribution in [0.1, 0.15) is 17.2 Å². The number of aromatic nitrogens is 3. The van der Waals surface area contributed by atoms with Gasteiger partial charge in [0.05, 0.1) is 5.52 Å². The maximum absolute atomic E-state index is 14.0. The molecule has 1 aromatic heterocycles. The molecule has 200 valence electrons. The highest BCUT2D eigenvalue weighted by Crippen LogP contribution is 2.35. The van der Waals surface area contributed by atoms with E-state index in [1.54, 1.807) is 52.0 Å². The average Bonchev–Trinajstić information content (AvgIpc) is 3.61. The van der Waals surface area contributed by atoms with Crippen LogP contribution in [0.5, 0.6) is 11.5 Å². The number of ether oxygens (including phenoxy) is 2. The summed E-state index contributed by atoms with van der Waals surface area (Å²) in [5, 5.41) is 11.8. The minimum absolute atomic E-state index is 0.102. The number of rotatable bonds is 8. The first kappa shape index (κ1) is 25.4. The molecule has 5 aromatic rings. The molecular formula is C30H24ClN5O4. The lowest BCUT2D eigenvalue weighted by Crippen LogP contribution is -2.42. The van der Waals surface area contributed by atoms with Crippen molar-refractivity contribution in [1.82, 2.24) is 19.9 Å². The van der Waals surface area contributed by atoms with Gasteiger partial charge in [0.25, 0.3) is 5.91 Å². The van der Waals surface area contributed by atoms with Crippen molar-refractivity contribution in [1.29, 1.82) is 0 Å². The van der Waals surface area contributed by atoms with E-state index < -0.39 is 11.9 Å². The van der Waals surface area contributed by atoms with Crippen LogP contribution in [0, 0.1) is 0 Å². The molecule has 4 aromatic carbocycles. The monoisotopic (exact) mass is 553 g/mol. The first-order chi connectivity index (χ1) is 19.5. The molecule has 9 nitrogen and oxygen atoms in total. The van der Waals surface area contributed by atoms with E-state index in [0.29, 0.717) is 33.3 Å². The van der Waals surface area contributed by atoms with Crippen LogP contribution < -0.4 is 14.8 Å². The summed E-state index contributed by atoms with van der Waals surface area (Å²) in [5.74, 6) is 0.443. The molecule has 0 saturated carbocycles. The standard InChI is InChI=1S/C30H24ClN5O4/c31-22-12-10-21(11-13-22)29(30(38)32-23-14-15-26-27(16-23)40-19-39-26)35(17-20-6-2-1-3-7-20)28(37)18-36-25-9-5-4-8-24(25)33-34-36/h1-16,29H,17-19H2,(H,32,38)/t29-/m1/s1. The minimum Gasteiger partial charge on any atom is -0.454 e. The summed E-state index contributed by atoms with van der Waals surface area (Å²) in [6.07, 6.45) is 0. The van der Waals surface area contributed by atoms with Gasteiger partial charge in [-0.05, 0) is 47.5 Å². The largest absolute Gasteiger partial charge is 0.454 e. The Morgan fingerprint density at radius 1 is 0.925 bits per heavy atom. The van der Waals surface area contributed by atoms with Crippen molar-refractivity contribution in [2.24, 2.45) is 0 Å². The molecule has 0 fully saturated rings. The molecular weight excluding hydrogens is 530 g/mol. The molecule has 6 rings (SSSR count). The number of hydrogen-bond donors (Lipinski definition) is 1. The number of nitrogens with one attached hydrogen (secondary N) is 1. The van der Waals surface area contributed by atoms with Crippen molar-refractivity contribution in [3.63, 3.8) is 0 Å². The van der Waals surface area contributed by atoms with Gasteiger partial charge in [-0.2, -0.15) is 0 Å². The second-order valence-corrected chi connectivity index (χ2v) is 9.69. The molecule has 2 heterocycles. The number of anilines is 1. The van der Waals surface area contributed by atoms with E-state index in [2.05, 4.69) is 15.6 Å². The van der Waals surface area contributed by atoms with Crippen LogP contribution in [0.4, 0.5) is 5.69 Å². The van der Waals surface area contributed by atoms with Gasteiger partial charge in [0.1, 0.15) is 18.1 Å². The summed E-state index contributed by atoms with van der Waals surface area (Å²) in [4.78, 5) is 29.6. The first-order valence-electron chi connectivity index (χ1n) is 12.6. The molecule has 1 N–H and O–H groups in total. The van der Waals surface area contributed by atoms with Crippen molar-refractivity contribution in [2.45, 2.75) is 19.1 Å². The smallest absolute Gasteiger partial charge is 0.251 e. The first-order valence-corrected chi connectivity index (χ1v) is 13.0. The lowest BCUT2D eigenvalue weighted by molar-refractivity contribution is -0.140. The Balaban J connectivity index is 1.37. The summed E-state index contributed by atoms with van der Waals surface area (Å²) in [6, 6.07) is 28.0. The van der Waals surface area contributed by atoms with Crippen LogP contribution in [0.25, 0.3) is 11.0 Å². The maximum Gasteiger partial charge on any atom is 0.251 e. The van der Waals surface area contributed by atoms with Gasteiger partial charge in [0, 0.05) is 23.3 Å². The number of carbonyl (C=O) groups excluding carboxylic acids is 2. The summed E-state index contributed by atoms with van der Waals surface area (Å²) < 4.78 is 12.4. The number of benzene rings is 4. The number of para-hydroxylation sites is 1. The second-order valence-electron chi connectivity index (χ2n) is 9.25. The van der Waals surface area contributed by atoms with Crippen LogP contribution in [0.3, 0.4) is 0 Å². The third kappa shape index (κ3) is 5.32. The predicted molar refractivity (Wildman–Crippen MR) is 150 cm³/mol. The zero-order valence-electron chi connectivity index (χ0n) is 21.2. The van der Waals surface area contributed by atoms with Gasteiger partial charge in [0.2, 0.25) is 12.7 Å². The molecule has 1 aliphatic rings. The van der Waals surface area contributed by atoms with E-state index in [0.717, 1.165) is 11.1 Å². The van der Waals surface area contributed by atoms with Gasteiger partial charge in [-0.15, -0.1) is 5.10 Å². The number of carbonyl (C=O) groups is 2. The summed E-state index contributed by atoms with van der Waals surface area (Å²) in [6.45, 7) is 0.208. The van der Waals surface area contributed by atoms with Crippen LogP contribution in [-0.4, -0.2) is 38.5 Å². The predicted octanol–water partition coefficient (Wildman–Crippen LogP) is 5.22. The number of nitrogens with zero attached hydrogens (tertiary/aromatic N) is 4. The summed E-state index contributed by atoms with van der Waals surface area (Å²) >= 11 is 6.18. The van der Waals surface area contributed by atoms with E-state index in [1.807, 2.05) is 54.6 Å². The Hall–Kier alpha value is -4.89. The van der Waals surface area contributed by atoms with Gasteiger partial charge in [0.15, 0.2) is 11.5 Å². The van der Waals surface area contributed by atoms with Crippen molar-refractivity contribution in [2.75, 3.05) is 12.1 Å². The molecule has 10 heteroatoms. The molecule has 0 saturated heterocycles. The van der Waals surface area contributed by atoms with Gasteiger partial charge >= 0.3 is 0 Å². The zero-order chi connectivity index (χ0) is 27.5. The Kier molecular flexibility index (Phi) is 7.03. The van der Waals surface area contributed by atoms with Gasteiger partial charge in [-0.3, -0.25) is 9.59 Å². The van der Waals surface area contributed by atoms with E-state index >= 15 is 0 Å². The van der Waals surface area contributed by atoms with E-state index in [9.17, 15) is 9.59 Å². The fourth-order valence-corrected chi connectivity index (χ4v) is 4.79. The Labute approximate surface area is 234 Å². The molecule has 40 heavy (non-hydrogen) atoms. The minimum atomic E-state index is -0.981. The van der Waals surface area contributed by atoms with Gasteiger partial charge in [-0.1, -0.05) is 71.4 Å². The molecule has 0 spiro atoms. The maximum atomic E-state index is 14.0. The second kappa shape index (κ2) is 11.1. The van der Waals surface area contributed by atoms with E-state index in [4.69, 9.17) is 21.1 Å². The van der Waals surface area contributed by atoms with E-state index in [1.165, 1.54) is 0 Å². The van der Waals surface area contributed by atoms with Gasteiger partial charge in [-0.25, -0.2) is 4.68 Å². The van der Waals surface area contributed by atoms with Crippen molar-refractivity contribution < 1.29 is 19.1 Å². The van der Waals surface area contributed by atoms with Crippen molar-refractivity contribution >= 4 is 40.1 Å². The van der Waals surface area contributed by atoms with Crippen molar-refractivity contribution in [3.8, 4) is 11.5 Å². The molecule has 0 bridgehead atoms. The summed E-state index contributed by atoms with van der Waals surface area (Å²) in [7, 11) is 0. The topological polar surface area (TPSA) is 98.6 Å². The van der Waals surface area contributed by atoms with Crippen molar-refractivity contribution in [3.05, 3.63) is 113 Å². The average molecular weight is 554 g/mol. The lowest BCUT2D eigenvalue weighted by atomic mass is 10.0. The van der Waals surface area contributed by atoms with Crippen LogP contribution in [0.2, 0.25) is 5.02 Å². The highest BCUT2D eigenvalue weighted by molar-refractivity contribution is 6.30. The highest BCUT2D eigenvalue weighted by Gasteiger charge is 2.32. The SMILES string of the molecule is O=C(Nc1ccc2c(c1)OCO2)[C@@H](c1ccc(Cl)cc1)N(Cc1ccccc1)C(=O)Cn1nnc2ccccc21. The zero-order valence-corrected chi connectivity index (χ0v) is 22.0. The molecule has 1 atom stereocenters. The number of hydrogen-bond acceptors (Lipinski definition) is 6. The summed E-state index contributed by atoms with van der Waals surface area (Å²) in [5.41, 5.74) is 3.40.